The van der Waals surface area contributed by atoms with Gasteiger partial charge in [-0.1, -0.05) is 70.2 Å². The van der Waals surface area contributed by atoms with Gasteiger partial charge in [-0.25, -0.2) is 4.98 Å². The topological polar surface area (TPSA) is 50.9 Å². The maximum Gasteiger partial charge on any atom is 0.143 e. The van der Waals surface area contributed by atoms with Gasteiger partial charge in [-0.05, 0) is 56.9 Å². The van der Waals surface area contributed by atoms with Gasteiger partial charge in [0.1, 0.15) is 11.6 Å². The molecule has 6 rings (SSSR count). The van der Waals surface area contributed by atoms with Gasteiger partial charge in [-0.2, -0.15) is 0 Å². The fourth-order valence-electron chi connectivity index (χ4n) is 4.90. The average molecular weight is 691 g/mol. The summed E-state index contributed by atoms with van der Waals surface area (Å²) in [5.74, 6) is 1.58. The molecule has 0 unspecified atom stereocenters. The molecule has 0 aliphatic rings. The van der Waals surface area contributed by atoms with Crippen LogP contribution in [0.3, 0.4) is 0 Å². The number of hydrogen-bond donors (Lipinski definition) is 1. The summed E-state index contributed by atoms with van der Waals surface area (Å²) in [4.78, 5) is 8.83. The average Bonchev–Trinajstić information content (AvgIpc) is 3.33. The van der Waals surface area contributed by atoms with Crippen molar-refractivity contribution in [1.82, 2.24) is 14.5 Å². The van der Waals surface area contributed by atoms with Crippen molar-refractivity contribution in [3.63, 3.8) is 0 Å². The van der Waals surface area contributed by atoms with Crippen LogP contribution in [0, 0.1) is 19.9 Å². The number of phenolic OH excluding ortho intramolecular Hbond substituents is 1. The van der Waals surface area contributed by atoms with Crippen LogP contribution in [0.25, 0.3) is 44.2 Å². The minimum Gasteiger partial charge on any atom is -0.507 e. The number of pyridine rings is 1. The van der Waals surface area contributed by atoms with Crippen molar-refractivity contribution in [2.24, 2.45) is 7.05 Å². The molecule has 0 aliphatic heterocycles. The van der Waals surface area contributed by atoms with Crippen molar-refractivity contribution < 1.29 is 25.2 Å². The molecule has 5 heteroatoms. The van der Waals surface area contributed by atoms with Gasteiger partial charge >= 0.3 is 0 Å². The number of imidazole rings is 1. The molecule has 0 aliphatic carbocycles. The van der Waals surface area contributed by atoms with Gasteiger partial charge in [-0.15, -0.1) is 34.9 Å². The molecular weight excluding hydrogens is 659 g/mol. The van der Waals surface area contributed by atoms with E-state index in [1.54, 1.807) is 18.3 Å². The van der Waals surface area contributed by atoms with Gasteiger partial charge in [0.05, 0.1) is 5.56 Å². The second-order valence-corrected chi connectivity index (χ2v) is 10.1. The van der Waals surface area contributed by atoms with Crippen molar-refractivity contribution in [1.29, 1.82) is 0 Å². The summed E-state index contributed by atoms with van der Waals surface area (Å²) in [5.41, 5.74) is 6.61. The van der Waals surface area contributed by atoms with Crippen molar-refractivity contribution >= 4 is 21.5 Å². The number of rotatable bonds is 3. The standard InChI is InChI=1S/C24H22N.C10H10N2O.Ir/c1-15(2)18-5-7-21-19(14-18)6-8-23-22(21)9-10-25-24(23)20-12-16(3)11-17(4)13-20;1-12-7-6-11-10(12)8-4-2-3-5-9(8)13;/h5-12,14-15H,1-4H3;2-7,13H,1H3;/q-1;;. The Kier molecular flexibility index (Phi) is 8.64. The van der Waals surface area contributed by atoms with Crippen LogP contribution in [0.15, 0.2) is 91.4 Å². The second kappa shape index (κ2) is 11.9. The monoisotopic (exact) mass is 691 g/mol. The predicted octanol–water partition coefficient (Wildman–Crippen LogP) is 8.39. The second-order valence-electron chi connectivity index (χ2n) is 10.1. The van der Waals surface area contributed by atoms with E-state index >= 15 is 0 Å². The first kappa shape index (κ1) is 28.2. The number of hydrogen-bond acceptors (Lipinski definition) is 3. The van der Waals surface area contributed by atoms with E-state index in [0.29, 0.717) is 5.92 Å². The van der Waals surface area contributed by atoms with E-state index < -0.39 is 0 Å². The van der Waals surface area contributed by atoms with E-state index in [-0.39, 0.29) is 25.9 Å². The first-order valence-corrected chi connectivity index (χ1v) is 12.9. The number of aromatic nitrogens is 3. The van der Waals surface area contributed by atoms with E-state index in [0.717, 1.165) is 28.2 Å². The number of nitrogens with zero attached hydrogens (tertiary/aromatic N) is 3. The Balaban J connectivity index is 0.000000213. The third-order valence-corrected chi connectivity index (χ3v) is 6.82. The summed E-state index contributed by atoms with van der Waals surface area (Å²) >= 11 is 0. The van der Waals surface area contributed by atoms with Crippen LogP contribution >= 0.6 is 0 Å². The van der Waals surface area contributed by atoms with Crippen LogP contribution < -0.4 is 0 Å². The summed E-state index contributed by atoms with van der Waals surface area (Å²) in [7, 11) is 1.90. The summed E-state index contributed by atoms with van der Waals surface area (Å²) in [6.45, 7) is 8.68. The number of benzene rings is 4. The van der Waals surface area contributed by atoms with E-state index in [4.69, 9.17) is 0 Å². The molecule has 2 aromatic heterocycles. The quantitative estimate of drug-likeness (QED) is 0.150. The maximum atomic E-state index is 9.55. The first-order valence-electron chi connectivity index (χ1n) is 12.9. The molecule has 0 spiro atoms. The molecule has 4 aromatic carbocycles. The van der Waals surface area contributed by atoms with Gasteiger partial charge < -0.3 is 14.7 Å². The largest absolute Gasteiger partial charge is 0.507 e. The minimum atomic E-state index is 0. The summed E-state index contributed by atoms with van der Waals surface area (Å²) in [5, 5.41) is 14.6. The molecule has 1 radical (unpaired) electrons. The Morgan fingerprint density at radius 3 is 2.28 bits per heavy atom. The third kappa shape index (κ3) is 5.95. The van der Waals surface area contributed by atoms with Gasteiger partial charge in [-0.3, -0.25) is 0 Å². The van der Waals surface area contributed by atoms with Gasteiger partial charge in [0.15, 0.2) is 0 Å². The molecule has 0 saturated carbocycles. The Labute approximate surface area is 243 Å². The normalized spacial score (nSPS) is 10.8. The molecule has 39 heavy (non-hydrogen) atoms. The molecule has 6 aromatic rings. The summed E-state index contributed by atoms with van der Waals surface area (Å²) < 4.78 is 1.87. The molecule has 199 valence electrons. The molecule has 1 N–H and O–H groups in total. The van der Waals surface area contributed by atoms with Crippen LogP contribution in [-0.2, 0) is 27.2 Å². The van der Waals surface area contributed by atoms with Gasteiger partial charge in [0, 0.05) is 45.7 Å². The molecule has 0 atom stereocenters. The Morgan fingerprint density at radius 1 is 0.821 bits per heavy atom. The van der Waals surface area contributed by atoms with Crippen LogP contribution in [-0.4, -0.2) is 19.6 Å². The summed E-state index contributed by atoms with van der Waals surface area (Å²) in [6, 6.07) is 28.3. The number of phenols is 1. The number of para-hydroxylation sites is 1. The SMILES string of the molecule is Cc1[c-]c(-c2nccc3c2ccc2cc(C(C)C)ccc23)cc(C)c1.Cn1ccnc1-c1ccccc1O.[Ir]. The van der Waals surface area contributed by atoms with Crippen molar-refractivity contribution in [2.45, 2.75) is 33.6 Å². The van der Waals surface area contributed by atoms with Crippen LogP contribution in [0.2, 0.25) is 0 Å². The van der Waals surface area contributed by atoms with E-state index in [9.17, 15) is 5.11 Å². The van der Waals surface area contributed by atoms with Crippen molar-refractivity contribution in [3.8, 4) is 28.4 Å². The molecule has 2 heterocycles. The smallest absolute Gasteiger partial charge is 0.143 e. The van der Waals surface area contributed by atoms with Crippen LogP contribution in [0.4, 0.5) is 0 Å². The van der Waals surface area contributed by atoms with E-state index in [1.165, 1.54) is 32.7 Å². The number of fused-ring (bicyclic) bond motifs is 3. The molecular formula is C34H32IrN3O-. The van der Waals surface area contributed by atoms with Crippen LogP contribution in [0.5, 0.6) is 5.75 Å². The third-order valence-electron chi connectivity index (χ3n) is 6.82. The molecule has 0 bridgehead atoms. The van der Waals surface area contributed by atoms with Gasteiger partial charge in [0.2, 0.25) is 0 Å². The van der Waals surface area contributed by atoms with Crippen LogP contribution in [0.1, 0.15) is 36.5 Å². The molecule has 0 fully saturated rings. The summed E-state index contributed by atoms with van der Waals surface area (Å²) in [6.07, 6.45) is 5.47. The Hall–Kier alpha value is -3.79. The zero-order chi connectivity index (χ0) is 26.8. The van der Waals surface area contributed by atoms with Crippen molar-refractivity contribution in [3.05, 3.63) is 114 Å². The molecule has 0 amide bonds. The van der Waals surface area contributed by atoms with Crippen molar-refractivity contribution in [2.75, 3.05) is 0 Å². The number of aryl methyl sites for hydroxylation is 3. The molecule has 4 nitrogen and oxygen atoms in total. The predicted molar refractivity (Wildman–Crippen MR) is 157 cm³/mol. The zero-order valence-electron chi connectivity index (χ0n) is 22.9. The number of aromatic hydroxyl groups is 1. The first-order chi connectivity index (χ1) is 18.3. The fourth-order valence-corrected chi connectivity index (χ4v) is 4.90. The molecule has 0 saturated heterocycles. The Morgan fingerprint density at radius 2 is 1.59 bits per heavy atom. The fraction of sp³-hybridized carbons (Fsp3) is 0.176. The van der Waals surface area contributed by atoms with E-state index in [1.807, 2.05) is 36.1 Å². The van der Waals surface area contributed by atoms with Gasteiger partial charge in [0.25, 0.3) is 0 Å². The zero-order valence-corrected chi connectivity index (χ0v) is 25.3. The maximum absolute atomic E-state index is 9.55. The minimum absolute atomic E-state index is 0. The van der Waals surface area contributed by atoms with E-state index in [2.05, 4.69) is 92.3 Å². The Bertz CT molecular complexity index is 1730.